The number of carbonyl (C=O) groups excluding carboxylic acids is 1. The highest BCUT2D eigenvalue weighted by molar-refractivity contribution is 5.78. The monoisotopic (exact) mass is 465 g/mol. The van der Waals surface area contributed by atoms with E-state index < -0.39 is 6.03 Å². The maximum atomic E-state index is 13.0. The van der Waals surface area contributed by atoms with Crippen molar-refractivity contribution in [3.8, 4) is 34.1 Å². The van der Waals surface area contributed by atoms with Crippen molar-refractivity contribution in [2.75, 3.05) is 20.8 Å². The fourth-order valence-electron chi connectivity index (χ4n) is 4.13. The van der Waals surface area contributed by atoms with E-state index in [0.29, 0.717) is 30.3 Å². The molecule has 180 valence electrons. The Balaban J connectivity index is 1.77. The number of methoxy groups -OCH3 is 2. The van der Waals surface area contributed by atoms with Crippen molar-refractivity contribution in [2.24, 2.45) is 0 Å². The number of hydroxylamine groups is 2. The van der Waals surface area contributed by atoms with E-state index in [0.717, 1.165) is 40.5 Å². The Morgan fingerprint density at radius 2 is 1.62 bits per heavy atom. The maximum absolute atomic E-state index is 13.0. The molecule has 1 atom stereocenters. The zero-order chi connectivity index (χ0) is 24.2. The molecule has 1 unspecified atom stereocenters. The van der Waals surface area contributed by atoms with Gasteiger partial charge < -0.3 is 18.8 Å². The molecule has 1 aliphatic heterocycles. The normalized spacial score (nSPS) is 15.9. The van der Waals surface area contributed by atoms with Crippen molar-refractivity contribution in [2.45, 2.75) is 45.2 Å². The first-order valence-electron chi connectivity index (χ1n) is 11.5. The second-order valence-corrected chi connectivity index (χ2v) is 8.61. The number of nitrogens with zero attached hydrogens (tertiary/aromatic N) is 3. The molecule has 2 aromatic carbocycles. The number of urea groups is 1. The standard InChI is InChI=1S/C26H31N3O5/c1-17(2)29(31)26(30)28-16-6-5-7-22(28)25-27-23(18-8-12-20(32-3)13-9-18)24(34-25)19-10-14-21(33-4)15-11-19/h8-15,17,22,31H,5-7,16H2,1-4H3. The summed E-state index contributed by atoms with van der Waals surface area (Å²) in [5.74, 6) is 2.57. The molecule has 1 aliphatic rings. The van der Waals surface area contributed by atoms with Crippen molar-refractivity contribution in [3.05, 3.63) is 54.4 Å². The predicted octanol–water partition coefficient (Wildman–Crippen LogP) is 5.77. The van der Waals surface area contributed by atoms with E-state index >= 15 is 0 Å². The minimum absolute atomic E-state index is 0.329. The first-order valence-corrected chi connectivity index (χ1v) is 11.5. The van der Waals surface area contributed by atoms with Crippen LogP contribution < -0.4 is 9.47 Å². The molecule has 8 nitrogen and oxygen atoms in total. The lowest BCUT2D eigenvalue weighted by molar-refractivity contribution is -0.0862. The topological polar surface area (TPSA) is 88.3 Å². The van der Waals surface area contributed by atoms with Crippen LogP contribution in [0, 0.1) is 0 Å². The summed E-state index contributed by atoms with van der Waals surface area (Å²) in [6.07, 6.45) is 2.52. The van der Waals surface area contributed by atoms with Crippen LogP contribution in [0.25, 0.3) is 22.6 Å². The zero-order valence-electron chi connectivity index (χ0n) is 20.0. The van der Waals surface area contributed by atoms with E-state index in [4.69, 9.17) is 18.9 Å². The van der Waals surface area contributed by atoms with Gasteiger partial charge in [-0.05, 0) is 81.6 Å². The number of carbonyl (C=O) groups is 1. The Hall–Kier alpha value is -3.52. The highest BCUT2D eigenvalue weighted by Gasteiger charge is 2.35. The van der Waals surface area contributed by atoms with Crippen LogP contribution in [0.15, 0.2) is 52.9 Å². The molecule has 2 amide bonds. The number of hydrogen-bond donors (Lipinski definition) is 1. The Kier molecular flexibility index (Phi) is 7.07. The predicted molar refractivity (Wildman–Crippen MR) is 128 cm³/mol. The number of oxazole rings is 1. The van der Waals surface area contributed by atoms with Crippen LogP contribution in [0.2, 0.25) is 0 Å². The molecular weight excluding hydrogens is 434 g/mol. The lowest BCUT2D eigenvalue weighted by Crippen LogP contribution is -2.48. The van der Waals surface area contributed by atoms with Gasteiger partial charge in [0.15, 0.2) is 5.76 Å². The third kappa shape index (κ3) is 4.72. The number of likely N-dealkylation sites (tertiary alicyclic amines) is 1. The number of hydrogen-bond acceptors (Lipinski definition) is 6. The van der Waals surface area contributed by atoms with Crippen LogP contribution in [-0.4, -0.2) is 53.0 Å². The molecule has 34 heavy (non-hydrogen) atoms. The molecule has 1 aromatic heterocycles. The largest absolute Gasteiger partial charge is 0.497 e. The van der Waals surface area contributed by atoms with Crippen molar-refractivity contribution < 1.29 is 23.9 Å². The highest BCUT2D eigenvalue weighted by Crippen LogP contribution is 2.39. The molecular formula is C26H31N3O5. The van der Waals surface area contributed by atoms with Gasteiger partial charge >= 0.3 is 6.03 Å². The number of aromatic nitrogens is 1. The summed E-state index contributed by atoms with van der Waals surface area (Å²) in [4.78, 5) is 19.5. The summed E-state index contributed by atoms with van der Waals surface area (Å²) in [7, 11) is 3.25. The van der Waals surface area contributed by atoms with Gasteiger partial charge in [0.05, 0.1) is 20.3 Å². The smallest absolute Gasteiger partial charge is 0.344 e. The Labute approximate surface area is 199 Å². The molecule has 1 N–H and O–H groups in total. The molecule has 0 spiro atoms. The van der Waals surface area contributed by atoms with Crippen molar-refractivity contribution in [1.29, 1.82) is 0 Å². The summed E-state index contributed by atoms with van der Waals surface area (Å²) < 4.78 is 17.0. The second kappa shape index (κ2) is 10.2. The minimum Gasteiger partial charge on any atom is -0.497 e. The first-order chi connectivity index (χ1) is 16.4. The molecule has 1 saturated heterocycles. The Bertz CT molecular complexity index is 1040. The maximum Gasteiger partial charge on any atom is 0.344 e. The van der Waals surface area contributed by atoms with E-state index in [1.807, 2.05) is 48.5 Å². The average molecular weight is 466 g/mol. The summed E-state index contributed by atoms with van der Waals surface area (Å²) in [5.41, 5.74) is 2.41. The number of rotatable bonds is 6. The first kappa shape index (κ1) is 23.6. The van der Waals surface area contributed by atoms with Crippen molar-refractivity contribution >= 4 is 6.03 Å². The molecule has 0 radical (unpaired) electrons. The van der Waals surface area contributed by atoms with E-state index in [2.05, 4.69) is 0 Å². The molecule has 3 aromatic rings. The molecule has 4 rings (SSSR count). The van der Waals surface area contributed by atoms with Crippen LogP contribution in [0.5, 0.6) is 11.5 Å². The molecule has 0 bridgehead atoms. The Morgan fingerprint density at radius 1 is 1.03 bits per heavy atom. The lowest BCUT2D eigenvalue weighted by atomic mass is 10.0. The van der Waals surface area contributed by atoms with E-state index in [9.17, 15) is 10.0 Å². The zero-order valence-corrected chi connectivity index (χ0v) is 20.0. The summed E-state index contributed by atoms with van der Waals surface area (Å²) in [6, 6.07) is 14.1. The van der Waals surface area contributed by atoms with Crippen LogP contribution in [0.1, 0.15) is 45.0 Å². The van der Waals surface area contributed by atoms with Crippen LogP contribution in [0.3, 0.4) is 0 Å². The average Bonchev–Trinajstić information content (AvgIpc) is 3.33. The molecule has 8 heteroatoms. The minimum atomic E-state index is -0.435. The third-order valence-electron chi connectivity index (χ3n) is 6.08. The van der Waals surface area contributed by atoms with Gasteiger partial charge in [0.1, 0.15) is 23.2 Å². The van der Waals surface area contributed by atoms with Gasteiger partial charge in [-0.25, -0.2) is 14.8 Å². The van der Waals surface area contributed by atoms with Crippen molar-refractivity contribution in [3.63, 3.8) is 0 Å². The van der Waals surface area contributed by atoms with Crippen LogP contribution in [-0.2, 0) is 0 Å². The summed E-state index contributed by atoms with van der Waals surface area (Å²) in [5, 5.41) is 11.1. The molecule has 0 aliphatic carbocycles. The molecule has 1 fully saturated rings. The van der Waals surface area contributed by atoms with E-state index in [1.165, 1.54) is 0 Å². The fourth-order valence-corrected chi connectivity index (χ4v) is 4.13. The summed E-state index contributed by atoms with van der Waals surface area (Å²) >= 11 is 0. The van der Waals surface area contributed by atoms with Gasteiger partial charge in [-0.3, -0.25) is 5.21 Å². The second-order valence-electron chi connectivity index (χ2n) is 8.61. The Morgan fingerprint density at radius 3 is 2.18 bits per heavy atom. The quantitative estimate of drug-likeness (QED) is 0.367. The SMILES string of the molecule is COc1ccc(-c2nc(C3CCCCN3C(=O)N(O)C(C)C)oc2-c2ccc(OC)cc2)cc1. The van der Waals surface area contributed by atoms with Gasteiger partial charge in [-0.15, -0.1) is 0 Å². The van der Waals surface area contributed by atoms with Gasteiger partial charge in [0, 0.05) is 17.7 Å². The van der Waals surface area contributed by atoms with E-state index in [-0.39, 0.29) is 12.1 Å². The number of ether oxygens (including phenoxy) is 2. The number of benzene rings is 2. The van der Waals surface area contributed by atoms with Crippen LogP contribution in [0.4, 0.5) is 4.79 Å². The summed E-state index contributed by atoms with van der Waals surface area (Å²) in [6.45, 7) is 4.07. The van der Waals surface area contributed by atoms with E-state index in [1.54, 1.807) is 33.0 Å². The van der Waals surface area contributed by atoms with Gasteiger partial charge in [0.2, 0.25) is 5.89 Å². The number of piperidine rings is 1. The lowest BCUT2D eigenvalue weighted by Gasteiger charge is -2.36. The molecule has 0 saturated carbocycles. The molecule has 2 heterocycles. The van der Waals surface area contributed by atoms with Gasteiger partial charge in [-0.1, -0.05) is 0 Å². The fraction of sp³-hybridized carbons (Fsp3) is 0.385. The van der Waals surface area contributed by atoms with Gasteiger partial charge in [0.25, 0.3) is 0 Å². The van der Waals surface area contributed by atoms with Crippen molar-refractivity contribution in [1.82, 2.24) is 14.9 Å². The third-order valence-corrected chi connectivity index (χ3v) is 6.08. The highest BCUT2D eigenvalue weighted by atomic mass is 16.5. The van der Waals surface area contributed by atoms with Crippen LogP contribution >= 0.6 is 0 Å². The van der Waals surface area contributed by atoms with Gasteiger partial charge in [-0.2, -0.15) is 0 Å². The number of amides is 2.